The predicted octanol–water partition coefficient (Wildman–Crippen LogP) is 3.42. The fraction of sp³-hybridized carbons (Fsp3) is 0.176. The third kappa shape index (κ3) is 2.85. The summed E-state index contributed by atoms with van der Waals surface area (Å²) in [5.74, 6) is 1.07. The number of rotatable bonds is 4. The van der Waals surface area contributed by atoms with E-state index < -0.39 is 0 Å². The van der Waals surface area contributed by atoms with Crippen LogP contribution in [0.15, 0.2) is 48.5 Å². The number of hydrogen-bond acceptors (Lipinski definition) is 4. The molecule has 2 aromatic carbocycles. The lowest BCUT2D eigenvalue weighted by atomic mass is 10.0. The number of benzene rings is 2. The molecular weight excluding hydrogens is 262 g/mol. The van der Waals surface area contributed by atoms with Crippen LogP contribution in [0, 0.1) is 0 Å². The molecule has 0 fully saturated rings. The Labute approximate surface area is 123 Å². The molecule has 0 unspecified atom stereocenters. The maximum absolute atomic E-state index is 5.91. The van der Waals surface area contributed by atoms with Crippen LogP contribution >= 0.6 is 0 Å². The molecule has 0 spiro atoms. The molecule has 1 aromatic heterocycles. The maximum Gasteiger partial charge on any atom is 0.157 e. The summed E-state index contributed by atoms with van der Waals surface area (Å²) in [4.78, 5) is 8.79. The van der Waals surface area contributed by atoms with Crippen molar-refractivity contribution >= 4 is 16.6 Å². The summed E-state index contributed by atoms with van der Waals surface area (Å²) in [7, 11) is 0. The van der Waals surface area contributed by atoms with Gasteiger partial charge in [0.05, 0.1) is 5.69 Å². The molecular formula is C17H17N3O. The number of ether oxygens (including phenoxy) is 1. The summed E-state index contributed by atoms with van der Waals surface area (Å²) in [5, 5.41) is 2.33. The zero-order chi connectivity index (χ0) is 14.7. The lowest BCUT2D eigenvalue weighted by Crippen LogP contribution is -2.03. The molecule has 4 nitrogen and oxygen atoms in total. The highest BCUT2D eigenvalue weighted by Crippen LogP contribution is 2.28. The number of hydrogen-bond donors (Lipinski definition) is 1. The van der Waals surface area contributed by atoms with Crippen molar-refractivity contribution in [2.45, 2.75) is 13.5 Å². The van der Waals surface area contributed by atoms with Gasteiger partial charge in [0.1, 0.15) is 12.4 Å². The van der Waals surface area contributed by atoms with E-state index in [1.807, 2.05) is 25.1 Å². The monoisotopic (exact) mass is 279 g/mol. The zero-order valence-corrected chi connectivity index (χ0v) is 11.9. The van der Waals surface area contributed by atoms with Crippen molar-refractivity contribution in [1.82, 2.24) is 9.97 Å². The van der Waals surface area contributed by atoms with Crippen LogP contribution in [0.25, 0.3) is 22.0 Å². The topological polar surface area (TPSA) is 61.0 Å². The standard InChI is InChI=1S/C17H17N3O/c1-2-21-11-17-19-15(10-16(18)20-17)14-9-5-7-12-6-3-4-8-13(12)14/h3-10H,2,11H2,1H3,(H2,18,19,20). The smallest absolute Gasteiger partial charge is 0.157 e. The van der Waals surface area contributed by atoms with Gasteiger partial charge in [-0.1, -0.05) is 42.5 Å². The van der Waals surface area contributed by atoms with E-state index in [2.05, 4.69) is 34.2 Å². The minimum Gasteiger partial charge on any atom is -0.384 e. The number of nitrogens with two attached hydrogens (primary N) is 1. The van der Waals surface area contributed by atoms with Gasteiger partial charge in [-0.05, 0) is 17.7 Å². The first-order valence-corrected chi connectivity index (χ1v) is 6.97. The molecule has 0 aliphatic carbocycles. The van der Waals surface area contributed by atoms with E-state index in [9.17, 15) is 0 Å². The molecule has 4 heteroatoms. The second-order valence-electron chi connectivity index (χ2n) is 4.76. The van der Waals surface area contributed by atoms with Crippen LogP contribution in [-0.2, 0) is 11.3 Å². The molecule has 2 N–H and O–H groups in total. The van der Waals surface area contributed by atoms with Crippen molar-refractivity contribution < 1.29 is 4.74 Å². The molecule has 0 bridgehead atoms. The van der Waals surface area contributed by atoms with E-state index in [1.165, 1.54) is 5.39 Å². The number of nitrogens with zero attached hydrogens (tertiary/aromatic N) is 2. The van der Waals surface area contributed by atoms with Gasteiger partial charge in [-0.2, -0.15) is 0 Å². The van der Waals surface area contributed by atoms with Crippen molar-refractivity contribution in [2.24, 2.45) is 0 Å². The molecule has 0 aliphatic rings. The molecule has 3 aromatic rings. The highest BCUT2D eigenvalue weighted by Gasteiger charge is 2.08. The Morgan fingerprint density at radius 3 is 2.71 bits per heavy atom. The SMILES string of the molecule is CCOCc1nc(N)cc(-c2cccc3ccccc23)n1. The summed E-state index contributed by atoms with van der Waals surface area (Å²) < 4.78 is 5.37. The van der Waals surface area contributed by atoms with Crippen LogP contribution in [0.5, 0.6) is 0 Å². The van der Waals surface area contributed by atoms with E-state index in [0.717, 1.165) is 16.6 Å². The fourth-order valence-corrected chi connectivity index (χ4v) is 2.36. The van der Waals surface area contributed by atoms with Crippen LogP contribution in [0.1, 0.15) is 12.7 Å². The number of fused-ring (bicyclic) bond motifs is 1. The Morgan fingerprint density at radius 1 is 1.05 bits per heavy atom. The molecule has 0 amide bonds. The van der Waals surface area contributed by atoms with E-state index in [-0.39, 0.29) is 0 Å². The minimum absolute atomic E-state index is 0.374. The Bertz CT molecular complexity index is 766. The van der Waals surface area contributed by atoms with Crippen LogP contribution in [0.2, 0.25) is 0 Å². The molecule has 0 atom stereocenters. The van der Waals surface area contributed by atoms with Crippen molar-refractivity contribution in [3.05, 3.63) is 54.4 Å². The molecule has 0 aliphatic heterocycles. The third-order valence-electron chi connectivity index (χ3n) is 3.29. The summed E-state index contributed by atoms with van der Waals surface area (Å²) in [6.07, 6.45) is 0. The van der Waals surface area contributed by atoms with Gasteiger partial charge in [-0.3, -0.25) is 0 Å². The molecule has 3 rings (SSSR count). The minimum atomic E-state index is 0.374. The van der Waals surface area contributed by atoms with Crippen molar-refractivity contribution in [3.63, 3.8) is 0 Å². The van der Waals surface area contributed by atoms with Gasteiger partial charge in [-0.15, -0.1) is 0 Å². The highest BCUT2D eigenvalue weighted by molar-refractivity contribution is 5.95. The van der Waals surface area contributed by atoms with Gasteiger partial charge >= 0.3 is 0 Å². The zero-order valence-electron chi connectivity index (χ0n) is 11.9. The average Bonchev–Trinajstić information content (AvgIpc) is 2.52. The lowest BCUT2D eigenvalue weighted by Gasteiger charge is -2.09. The van der Waals surface area contributed by atoms with Crippen LogP contribution in [0.4, 0.5) is 5.82 Å². The summed E-state index contributed by atoms with van der Waals surface area (Å²) >= 11 is 0. The summed E-state index contributed by atoms with van der Waals surface area (Å²) in [6, 6.07) is 16.2. The molecule has 0 saturated carbocycles. The van der Waals surface area contributed by atoms with Gasteiger partial charge in [-0.25, -0.2) is 9.97 Å². The number of anilines is 1. The van der Waals surface area contributed by atoms with Crippen molar-refractivity contribution in [2.75, 3.05) is 12.3 Å². The van der Waals surface area contributed by atoms with Gasteiger partial charge in [0.25, 0.3) is 0 Å². The maximum atomic E-state index is 5.91. The Hall–Kier alpha value is -2.46. The van der Waals surface area contributed by atoms with Gasteiger partial charge in [0, 0.05) is 18.2 Å². The largest absolute Gasteiger partial charge is 0.384 e. The molecule has 106 valence electrons. The van der Waals surface area contributed by atoms with Crippen LogP contribution in [-0.4, -0.2) is 16.6 Å². The first kappa shape index (κ1) is 13.5. The van der Waals surface area contributed by atoms with Gasteiger partial charge in [0.15, 0.2) is 5.82 Å². The van der Waals surface area contributed by atoms with E-state index in [1.54, 1.807) is 6.07 Å². The first-order chi connectivity index (χ1) is 10.3. The van der Waals surface area contributed by atoms with Crippen LogP contribution in [0.3, 0.4) is 0 Å². The Kier molecular flexibility index (Phi) is 3.79. The first-order valence-electron chi connectivity index (χ1n) is 6.97. The fourth-order valence-electron chi connectivity index (χ4n) is 2.36. The second-order valence-corrected chi connectivity index (χ2v) is 4.76. The normalized spacial score (nSPS) is 10.9. The summed E-state index contributed by atoms with van der Waals surface area (Å²) in [6.45, 7) is 2.94. The molecule has 0 radical (unpaired) electrons. The highest BCUT2D eigenvalue weighted by atomic mass is 16.5. The summed E-state index contributed by atoms with van der Waals surface area (Å²) in [5.41, 5.74) is 7.79. The molecule has 21 heavy (non-hydrogen) atoms. The van der Waals surface area contributed by atoms with E-state index >= 15 is 0 Å². The number of nitrogen functional groups attached to an aromatic ring is 1. The van der Waals surface area contributed by atoms with E-state index in [0.29, 0.717) is 24.9 Å². The Balaban J connectivity index is 2.12. The van der Waals surface area contributed by atoms with E-state index in [4.69, 9.17) is 10.5 Å². The Morgan fingerprint density at radius 2 is 1.86 bits per heavy atom. The predicted molar refractivity (Wildman–Crippen MR) is 84.7 cm³/mol. The van der Waals surface area contributed by atoms with Crippen molar-refractivity contribution in [1.29, 1.82) is 0 Å². The third-order valence-corrected chi connectivity index (χ3v) is 3.29. The van der Waals surface area contributed by atoms with Crippen LogP contribution < -0.4 is 5.73 Å². The quantitative estimate of drug-likeness (QED) is 0.795. The average molecular weight is 279 g/mol. The molecule has 0 saturated heterocycles. The number of aromatic nitrogens is 2. The van der Waals surface area contributed by atoms with Gasteiger partial charge in [0.2, 0.25) is 0 Å². The van der Waals surface area contributed by atoms with Crippen molar-refractivity contribution in [3.8, 4) is 11.3 Å². The lowest BCUT2D eigenvalue weighted by molar-refractivity contribution is 0.128. The second kappa shape index (κ2) is 5.89. The van der Waals surface area contributed by atoms with Gasteiger partial charge < -0.3 is 10.5 Å². The molecule has 1 heterocycles.